The van der Waals surface area contributed by atoms with Crippen LogP contribution in [0.25, 0.3) is 0 Å². The van der Waals surface area contributed by atoms with Crippen LogP contribution in [0.3, 0.4) is 0 Å². The van der Waals surface area contributed by atoms with Crippen LogP contribution in [-0.2, 0) is 6.54 Å². The quantitative estimate of drug-likeness (QED) is 0.856. The van der Waals surface area contributed by atoms with Gasteiger partial charge in [0.05, 0.1) is 18.1 Å². The van der Waals surface area contributed by atoms with Crippen molar-refractivity contribution in [3.05, 3.63) is 28.6 Å². The van der Waals surface area contributed by atoms with Crippen LogP contribution in [0.5, 0.6) is 5.75 Å². The standard InChI is InChI=1S/C14H19BrN4O2/c1-14(2,3)16-8-12-18-19-13(21-12)17-9-5-6-10(15)11(7-9)20-4/h5-7,16H,8H2,1-4H3,(H,17,19). The summed E-state index contributed by atoms with van der Waals surface area (Å²) in [6, 6.07) is 5.98. The summed E-state index contributed by atoms with van der Waals surface area (Å²) in [6.45, 7) is 6.77. The van der Waals surface area contributed by atoms with Crippen molar-refractivity contribution >= 4 is 27.6 Å². The molecule has 0 unspecified atom stereocenters. The second kappa shape index (κ2) is 6.44. The lowest BCUT2D eigenvalue weighted by Gasteiger charge is -2.18. The molecule has 0 amide bonds. The molecule has 1 aromatic heterocycles. The summed E-state index contributed by atoms with van der Waals surface area (Å²) in [5.74, 6) is 1.27. The first-order valence-corrected chi connectivity index (χ1v) is 7.34. The summed E-state index contributed by atoms with van der Waals surface area (Å²) in [6.07, 6.45) is 0. The molecule has 0 aliphatic heterocycles. The maximum atomic E-state index is 5.54. The number of anilines is 2. The molecule has 0 saturated heterocycles. The van der Waals surface area contributed by atoms with Crippen LogP contribution in [-0.4, -0.2) is 22.8 Å². The van der Waals surface area contributed by atoms with E-state index in [1.54, 1.807) is 7.11 Å². The van der Waals surface area contributed by atoms with Gasteiger partial charge < -0.3 is 19.8 Å². The molecule has 0 saturated carbocycles. The first-order valence-electron chi connectivity index (χ1n) is 6.55. The number of methoxy groups -OCH3 is 1. The molecule has 0 aliphatic rings. The minimum atomic E-state index is 0.00113. The molecule has 0 atom stereocenters. The number of aromatic nitrogens is 2. The van der Waals surface area contributed by atoms with Gasteiger partial charge in [0.1, 0.15) is 5.75 Å². The van der Waals surface area contributed by atoms with Gasteiger partial charge in [-0.3, -0.25) is 0 Å². The van der Waals surface area contributed by atoms with Crippen LogP contribution in [0.15, 0.2) is 27.1 Å². The molecule has 0 spiro atoms. The average molecular weight is 355 g/mol. The van der Waals surface area contributed by atoms with Gasteiger partial charge in [0, 0.05) is 17.3 Å². The second-order valence-corrected chi connectivity index (χ2v) is 6.43. The van der Waals surface area contributed by atoms with E-state index < -0.39 is 0 Å². The van der Waals surface area contributed by atoms with Gasteiger partial charge in [-0.15, -0.1) is 5.10 Å². The second-order valence-electron chi connectivity index (χ2n) is 5.58. The highest BCUT2D eigenvalue weighted by atomic mass is 79.9. The average Bonchev–Trinajstić information content (AvgIpc) is 2.85. The Morgan fingerprint density at radius 3 is 2.71 bits per heavy atom. The van der Waals surface area contributed by atoms with Crippen LogP contribution in [0, 0.1) is 0 Å². The Morgan fingerprint density at radius 2 is 2.05 bits per heavy atom. The van der Waals surface area contributed by atoms with E-state index in [-0.39, 0.29) is 5.54 Å². The molecule has 0 radical (unpaired) electrons. The summed E-state index contributed by atoms with van der Waals surface area (Å²) < 4.78 is 11.7. The van der Waals surface area contributed by atoms with Crippen molar-refractivity contribution in [1.82, 2.24) is 15.5 Å². The molecule has 1 heterocycles. The molecule has 6 nitrogen and oxygen atoms in total. The van der Waals surface area contributed by atoms with E-state index in [0.29, 0.717) is 18.5 Å². The maximum absolute atomic E-state index is 5.54. The Labute approximate surface area is 132 Å². The Bertz CT molecular complexity index is 607. The number of hydrogen-bond acceptors (Lipinski definition) is 6. The number of benzene rings is 1. The highest BCUT2D eigenvalue weighted by Crippen LogP contribution is 2.29. The maximum Gasteiger partial charge on any atom is 0.320 e. The lowest BCUT2D eigenvalue weighted by atomic mass is 10.1. The van der Waals surface area contributed by atoms with E-state index in [0.717, 1.165) is 15.9 Å². The molecule has 0 aliphatic carbocycles. The summed E-state index contributed by atoms with van der Waals surface area (Å²) in [5, 5.41) is 14.3. The topological polar surface area (TPSA) is 72.2 Å². The van der Waals surface area contributed by atoms with Crippen molar-refractivity contribution in [3.8, 4) is 5.75 Å². The van der Waals surface area contributed by atoms with Gasteiger partial charge in [-0.05, 0) is 48.8 Å². The molecule has 2 N–H and O–H groups in total. The third-order valence-electron chi connectivity index (χ3n) is 2.64. The summed E-state index contributed by atoms with van der Waals surface area (Å²) in [4.78, 5) is 0. The molecule has 1 aromatic carbocycles. The number of nitrogens with zero attached hydrogens (tertiary/aromatic N) is 2. The Balaban J connectivity index is 2.02. The zero-order valence-corrected chi connectivity index (χ0v) is 14.1. The predicted octanol–water partition coefficient (Wildman–Crippen LogP) is 3.47. The van der Waals surface area contributed by atoms with Crippen molar-refractivity contribution in [2.24, 2.45) is 0 Å². The molecular formula is C14H19BrN4O2. The van der Waals surface area contributed by atoms with Crippen molar-refractivity contribution in [1.29, 1.82) is 0 Å². The molecule has 7 heteroatoms. The minimum Gasteiger partial charge on any atom is -0.495 e. The van der Waals surface area contributed by atoms with Crippen molar-refractivity contribution in [2.75, 3.05) is 12.4 Å². The monoisotopic (exact) mass is 354 g/mol. The van der Waals surface area contributed by atoms with E-state index in [1.165, 1.54) is 0 Å². The van der Waals surface area contributed by atoms with E-state index in [1.807, 2.05) is 18.2 Å². The van der Waals surface area contributed by atoms with Crippen LogP contribution in [0.1, 0.15) is 26.7 Å². The Morgan fingerprint density at radius 1 is 1.29 bits per heavy atom. The van der Waals surface area contributed by atoms with E-state index in [4.69, 9.17) is 9.15 Å². The normalized spacial score (nSPS) is 11.5. The van der Waals surface area contributed by atoms with Gasteiger partial charge in [-0.2, -0.15) is 0 Å². The Kier molecular flexibility index (Phi) is 4.84. The largest absolute Gasteiger partial charge is 0.495 e. The number of halogens is 1. The lowest BCUT2D eigenvalue weighted by molar-refractivity contribution is 0.384. The van der Waals surface area contributed by atoms with Crippen molar-refractivity contribution in [2.45, 2.75) is 32.9 Å². The van der Waals surface area contributed by atoms with E-state index >= 15 is 0 Å². The molecule has 21 heavy (non-hydrogen) atoms. The molecule has 114 valence electrons. The number of ether oxygens (including phenoxy) is 1. The first kappa shape index (κ1) is 15.8. The van der Waals surface area contributed by atoms with Gasteiger partial charge in [0.15, 0.2) is 0 Å². The highest BCUT2D eigenvalue weighted by molar-refractivity contribution is 9.10. The number of nitrogens with one attached hydrogen (secondary N) is 2. The zero-order chi connectivity index (χ0) is 15.5. The van der Waals surface area contributed by atoms with Gasteiger partial charge in [0.25, 0.3) is 0 Å². The molecule has 0 fully saturated rings. The van der Waals surface area contributed by atoms with Gasteiger partial charge >= 0.3 is 6.01 Å². The number of hydrogen-bond donors (Lipinski definition) is 2. The van der Waals surface area contributed by atoms with Crippen LogP contribution in [0.2, 0.25) is 0 Å². The third-order valence-corrected chi connectivity index (χ3v) is 3.29. The lowest BCUT2D eigenvalue weighted by Crippen LogP contribution is -2.35. The first-order chi connectivity index (χ1) is 9.87. The fourth-order valence-corrected chi connectivity index (χ4v) is 1.99. The molecular weight excluding hydrogens is 336 g/mol. The van der Waals surface area contributed by atoms with E-state index in [9.17, 15) is 0 Å². The van der Waals surface area contributed by atoms with Crippen molar-refractivity contribution < 1.29 is 9.15 Å². The Hall–Kier alpha value is -1.60. The zero-order valence-electron chi connectivity index (χ0n) is 12.5. The SMILES string of the molecule is COc1cc(Nc2nnc(CNC(C)(C)C)o2)ccc1Br. The fraction of sp³-hybridized carbons (Fsp3) is 0.429. The summed E-state index contributed by atoms with van der Waals surface area (Å²) in [5.41, 5.74) is 0.815. The minimum absolute atomic E-state index is 0.00113. The van der Waals surface area contributed by atoms with E-state index in [2.05, 4.69) is 57.5 Å². The molecule has 2 aromatic rings. The highest BCUT2D eigenvalue weighted by Gasteiger charge is 2.12. The smallest absolute Gasteiger partial charge is 0.320 e. The predicted molar refractivity (Wildman–Crippen MR) is 84.9 cm³/mol. The molecule has 2 rings (SSSR count). The van der Waals surface area contributed by atoms with Crippen LogP contribution >= 0.6 is 15.9 Å². The fourth-order valence-electron chi connectivity index (χ4n) is 1.58. The summed E-state index contributed by atoms with van der Waals surface area (Å²) >= 11 is 3.41. The van der Waals surface area contributed by atoms with Gasteiger partial charge in [0.2, 0.25) is 5.89 Å². The van der Waals surface area contributed by atoms with Crippen LogP contribution in [0.4, 0.5) is 11.7 Å². The van der Waals surface area contributed by atoms with Crippen LogP contribution < -0.4 is 15.4 Å². The third kappa shape index (κ3) is 4.71. The van der Waals surface area contributed by atoms with Crippen molar-refractivity contribution in [3.63, 3.8) is 0 Å². The molecule has 0 bridgehead atoms. The number of rotatable bonds is 5. The summed E-state index contributed by atoms with van der Waals surface area (Å²) in [7, 11) is 1.62. The van der Waals surface area contributed by atoms with Gasteiger partial charge in [-0.1, -0.05) is 5.10 Å². The van der Waals surface area contributed by atoms with Gasteiger partial charge in [-0.25, -0.2) is 0 Å².